The van der Waals surface area contributed by atoms with Crippen molar-refractivity contribution in [3.05, 3.63) is 36.4 Å². The Balaban J connectivity index is 1.86. The molecule has 2 rings (SSSR count). The van der Waals surface area contributed by atoms with Crippen LogP contribution in [-0.2, 0) is 27.2 Å². The van der Waals surface area contributed by atoms with Crippen molar-refractivity contribution in [2.75, 3.05) is 0 Å². The number of nitrogens with two attached hydrogens (primary N) is 1. The van der Waals surface area contributed by atoms with Crippen LogP contribution in [0.5, 0.6) is 0 Å². The summed E-state index contributed by atoms with van der Waals surface area (Å²) in [4.78, 5) is 48.8. The van der Waals surface area contributed by atoms with Crippen LogP contribution in [0.15, 0.2) is 25.0 Å². The fraction of sp³-hybridized carbons (Fsp3) is 0.400. The second kappa shape index (κ2) is 8.76. The molecule has 26 heavy (non-hydrogen) atoms. The number of rotatable bonds is 9. The molecule has 2 heterocycles. The van der Waals surface area contributed by atoms with Gasteiger partial charge in [-0.05, 0) is 6.92 Å². The highest BCUT2D eigenvalue weighted by Crippen LogP contribution is 2.01. The lowest BCUT2D eigenvalue weighted by Gasteiger charge is -2.20. The van der Waals surface area contributed by atoms with Crippen molar-refractivity contribution in [1.29, 1.82) is 0 Å². The first-order valence-corrected chi connectivity index (χ1v) is 7.90. The lowest BCUT2D eigenvalue weighted by Crippen LogP contribution is -2.54. The molecule has 11 nitrogen and oxygen atoms in total. The molecule has 0 spiro atoms. The summed E-state index contributed by atoms with van der Waals surface area (Å²) < 4.78 is 0. The summed E-state index contributed by atoms with van der Waals surface area (Å²) in [6.07, 6.45) is 6.19. The summed E-state index contributed by atoms with van der Waals surface area (Å²) in [7, 11) is 0. The molecular weight excluding hydrogens is 342 g/mol. The Labute approximate surface area is 148 Å². The molecule has 0 aliphatic heterocycles. The Morgan fingerprint density at radius 2 is 1.65 bits per heavy atom. The number of carbonyl (C=O) groups is 3. The SMILES string of the molecule is CC(NC(=O)C(N)Cc1cnc[nH]1)C(=O)NC(Cc1cnc[nH]1)C(=O)O. The molecule has 3 unspecified atom stereocenters. The zero-order chi connectivity index (χ0) is 19.1. The third-order valence-corrected chi connectivity index (χ3v) is 3.68. The number of carboxylic acids is 1. The standard InChI is InChI=1S/C15H21N7O4/c1-8(21-14(24)11(16)2-9-4-17-6-19-9)13(23)22-12(15(25)26)3-10-5-18-7-20-10/h4-8,11-12H,2-3,16H2,1H3,(H,17,19)(H,18,20)(H,21,24)(H,22,23)(H,25,26). The van der Waals surface area contributed by atoms with Gasteiger partial charge in [0.05, 0.1) is 18.7 Å². The number of hydrogen-bond donors (Lipinski definition) is 6. The Morgan fingerprint density at radius 1 is 1.08 bits per heavy atom. The van der Waals surface area contributed by atoms with Crippen molar-refractivity contribution in [2.45, 2.75) is 37.9 Å². The summed E-state index contributed by atoms with van der Waals surface area (Å²) in [5.74, 6) is -2.34. The van der Waals surface area contributed by atoms with E-state index in [1.54, 1.807) is 6.20 Å². The minimum absolute atomic E-state index is 0.0427. The average molecular weight is 363 g/mol. The number of carbonyl (C=O) groups excluding carboxylic acids is 2. The van der Waals surface area contributed by atoms with Gasteiger partial charge in [-0.2, -0.15) is 0 Å². The predicted molar refractivity (Wildman–Crippen MR) is 89.7 cm³/mol. The molecule has 0 fully saturated rings. The highest BCUT2D eigenvalue weighted by Gasteiger charge is 2.26. The van der Waals surface area contributed by atoms with Crippen LogP contribution < -0.4 is 16.4 Å². The van der Waals surface area contributed by atoms with Gasteiger partial charge in [-0.25, -0.2) is 14.8 Å². The van der Waals surface area contributed by atoms with Gasteiger partial charge >= 0.3 is 5.97 Å². The van der Waals surface area contributed by atoms with Gasteiger partial charge in [0.15, 0.2) is 0 Å². The van der Waals surface area contributed by atoms with Crippen LogP contribution in [0.4, 0.5) is 0 Å². The molecule has 0 aromatic carbocycles. The Morgan fingerprint density at radius 3 is 2.15 bits per heavy atom. The van der Waals surface area contributed by atoms with Crippen molar-refractivity contribution in [3.8, 4) is 0 Å². The molecule has 2 amide bonds. The molecule has 0 bridgehead atoms. The maximum absolute atomic E-state index is 12.2. The lowest BCUT2D eigenvalue weighted by molar-refractivity contribution is -0.142. The topological polar surface area (TPSA) is 179 Å². The monoisotopic (exact) mass is 363 g/mol. The van der Waals surface area contributed by atoms with Crippen molar-refractivity contribution in [1.82, 2.24) is 30.6 Å². The molecule has 7 N–H and O–H groups in total. The van der Waals surface area contributed by atoms with E-state index in [9.17, 15) is 19.5 Å². The third-order valence-electron chi connectivity index (χ3n) is 3.68. The van der Waals surface area contributed by atoms with Crippen molar-refractivity contribution in [2.24, 2.45) is 5.73 Å². The summed E-state index contributed by atoms with van der Waals surface area (Å²) >= 11 is 0. The van der Waals surface area contributed by atoms with Crippen molar-refractivity contribution in [3.63, 3.8) is 0 Å². The van der Waals surface area contributed by atoms with Gasteiger partial charge in [-0.15, -0.1) is 0 Å². The largest absolute Gasteiger partial charge is 0.480 e. The molecule has 0 saturated heterocycles. The second-order valence-electron chi connectivity index (χ2n) is 5.80. The van der Waals surface area contributed by atoms with Crippen molar-refractivity contribution >= 4 is 17.8 Å². The maximum atomic E-state index is 12.2. The predicted octanol–water partition coefficient (Wildman–Crippen LogP) is -1.68. The molecule has 0 saturated carbocycles. The van der Waals surface area contributed by atoms with E-state index in [4.69, 9.17) is 5.73 Å². The summed E-state index contributed by atoms with van der Waals surface area (Å²) in [5.41, 5.74) is 7.06. The molecule has 0 aliphatic rings. The van der Waals surface area contributed by atoms with Gasteiger partial charge in [-0.3, -0.25) is 9.59 Å². The van der Waals surface area contributed by atoms with Gasteiger partial charge in [0, 0.05) is 36.6 Å². The number of nitrogens with one attached hydrogen (secondary N) is 4. The fourth-order valence-corrected chi connectivity index (χ4v) is 2.22. The van der Waals surface area contributed by atoms with E-state index in [0.717, 1.165) is 0 Å². The maximum Gasteiger partial charge on any atom is 0.326 e. The molecule has 3 atom stereocenters. The number of aromatic nitrogens is 4. The minimum Gasteiger partial charge on any atom is -0.480 e. The van der Waals surface area contributed by atoms with E-state index in [0.29, 0.717) is 11.4 Å². The minimum atomic E-state index is -1.19. The molecular formula is C15H21N7O4. The van der Waals surface area contributed by atoms with E-state index in [2.05, 4.69) is 30.6 Å². The van der Waals surface area contributed by atoms with Crippen LogP contribution in [0, 0.1) is 0 Å². The van der Waals surface area contributed by atoms with Gasteiger partial charge in [-0.1, -0.05) is 0 Å². The average Bonchev–Trinajstić information content (AvgIpc) is 3.27. The highest BCUT2D eigenvalue weighted by molar-refractivity contribution is 5.91. The van der Waals surface area contributed by atoms with E-state index >= 15 is 0 Å². The number of aromatic amines is 2. The number of amides is 2. The molecule has 140 valence electrons. The number of carboxylic acid groups (broad SMARTS) is 1. The van der Waals surface area contributed by atoms with Gasteiger partial charge < -0.3 is 31.4 Å². The first-order chi connectivity index (χ1) is 12.4. The van der Waals surface area contributed by atoms with E-state index in [1.165, 1.54) is 25.8 Å². The zero-order valence-corrected chi connectivity index (χ0v) is 14.1. The highest BCUT2D eigenvalue weighted by atomic mass is 16.4. The first kappa shape index (κ1) is 19.1. The molecule has 0 radical (unpaired) electrons. The van der Waals surface area contributed by atoms with Gasteiger partial charge in [0.25, 0.3) is 0 Å². The molecule has 2 aromatic heterocycles. The van der Waals surface area contributed by atoms with Crippen molar-refractivity contribution < 1.29 is 19.5 Å². The zero-order valence-electron chi connectivity index (χ0n) is 14.1. The smallest absolute Gasteiger partial charge is 0.326 e. The van der Waals surface area contributed by atoms with Crippen LogP contribution in [0.25, 0.3) is 0 Å². The number of hydrogen-bond acceptors (Lipinski definition) is 6. The number of imidazole rings is 2. The van der Waals surface area contributed by atoms with Crippen LogP contribution in [-0.4, -0.2) is 61.0 Å². The van der Waals surface area contributed by atoms with E-state index in [1.807, 2.05) is 0 Å². The third kappa shape index (κ3) is 5.41. The first-order valence-electron chi connectivity index (χ1n) is 7.90. The summed E-state index contributed by atoms with van der Waals surface area (Å²) in [6, 6.07) is -2.97. The van der Waals surface area contributed by atoms with Crippen LogP contribution in [0.2, 0.25) is 0 Å². The van der Waals surface area contributed by atoms with E-state index in [-0.39, 0.29) is 12.8 Å². The normalized spacial score (nSPS) is 14.2. The Hall–Kier alpha value is -3.21. The fourth-order valence-electron chi connectivity index (χ4n) is 2.22. The second-order valence-corrected chi connectivity index (χ2v) is 5.80. The van der Waals surface area contributed by atoms with Gasteiger partial charge in [0.1, 0.15) is 12.1 Å². The number of nitrogens with zero attached hydrogens (tertiary/aromatic N) is 2. The van der Waals surface area contributed by atoms with Crippen LogP contribution in [0.1, 0.15) is 18.3 Å². The molecule has 11 heteroatoms. The quantitative estimate of drug-likeness (QED) is 0.308. The van der Waals surface area contributed by atoms with E-state index < -0.39 is 35.9 Å². The molecule has 0 aliphatic carbocycles. The number of H-pyrrole nitrogens is 2. The lowest BCUT2D eigenvalue weighted by atomic mass is 10.1. The Kier molecular flexibility index (Phi) is 6.44. The van der Waals surface area contributed by atoms with Crippen LogP contribution >= 0.6 is 0 Å². The van der Waals surface area contributed by atoms with Gasteiger partial charge in [0.2, 0.25) is 11.8 Å². The Bertz CT molecular complexity index is 729. The summed E-state index contributed by atoms with van der Waals surface area (Å²) in [5, 5.41) is 14.1. The number of aliphatic carboxylic acids is 1. The van der Waals surface area contributed by atoms with Crippen LogP contribution in [0.3, 0.4) is 0 Å². The molecule has 2 aromatic rings. The summed E-state index contributed by atoms with van der Waals surface area (Å²) in [6.45, 7) is 1.45.